The number of fused-ring (bicyclic) bond motifs is 1. The van der Waals surface area contributed by atoms with Gasteiger partial charge in [0.25, 0.3) is 5.91 Å². The maximum absolute atomic E-state index is 12.9. The number of ether oxygens (including phenoxy) is 1. The summed E-state index contributed by atoms with van der Waals surface area (Å²) in [6.45, 7) is 2.46. The third kappa shape index (κ3) is 2.36. The van der Waals surface area contributed by atoms with E-state index in [2.05, 4.69) is 11.1 Å². The lowest BCUT2D eigenvalue weighted by Crippen LogP contribution is -2.40. The van der Waals surface area contributed by atoms with Crippen molar-refractivity contribution in [1.29, 1.82) is 0 Å². The van der Waals surface area contributed by atoms with Gasteiger partial charge in [-0.1, -0.05) is 29.8 Å². The van der Waals surface area contributed by atoms with Crippen molar-refractivity contribution in [2.24, 2.45) is 0 Å². The molecule has 0 atom stereocenters. The maximum Gasteiger partial charge on any atom is 0.256 e. The van der Waals surface area contributed by atoms with Crippen molar-refractivity contribution < 1.29 is 9.53 Å². The summed E-state index contributed by atoms with van der Waals surface area (Å²) >= 11 is 6.26. The predicted molar refractivity (Wildman–Crippen MR) is 85.5 cm³/mol. The van der Waals surface area contributed by atoms with Gasteiger partial charge in [0.2, 0.25) is 0 Å². The van der Waals surface area contributed by atoms with Crippen LogP contribution in [-0.2, 0) is 4.74 Å². The van der Waals surface area contributed by atoms with E-state index in [1.54, 1.807) is 6.20 Å². The van der Waals surface area contributed by atoms with Crippen LogP contribution in [-0.4, -0.2) is 42.1 Å². The number of rotatable bonds is 2. The van der Waals surface area contributed by atoms with E-state index in [0.717, 1.165) is 10.8 Å². The Kier molecular flexibility index (Phi) is 3.51. The predicted octanol–water partition coefficient (Wildman–Crippen LogP) is 3.24. The number of nitrogens with zero attached hydrogens (tertiary/aromatic N) is 2. The van der Waals surface area contributed by atoms with Crippen LogP contribution in [0.15, 0.2) is 24.4 Å². The van der Waals surface area contributed by atoms with Gasteiger partial charge in [0.15, 0.2) is 0 Å². The highest BCUT2D eigenvalue weighted by molar-refractivity contribution is 6.35. The number of benzene rings is 1. The standard InChI is InChI=1S/C17H17ClN2O2/c18-16-13-3-1-2-12(11-4-5-11)15(13)14(10-19-16)17(21)20-6-8-22-9-7-20/h1-3,10-11H,4-9H2. The molecular weight excluding hydrogens is 300 g/mol. The molecule has 0 spiro atoms. The van der Waals surface area contributed by atoms with Crippen LogP contribution < -0.4 is 0 Å². The second kappa shape index (κ2) is 5.52. The molecular formula is C17H17ClN2O2. The quantitative estimate of drug-likeness (QED) is 0.799. The van der Waals surface area contributed by atoms with Crippen LogP contribution in [0.2, 0.25) is 5.15 Å². The molecule has 1 aromatic heterocycles. The third-order valence-electron chi connectivity index (χ3n) is 4.44. The van der Waals surface area contributed by atoms with E-state index in [9.17, 15) is 4.79 Å². The van der Waals surface area contributed by atoms with Gasteiger partial charge in [-0.25, -0.2) is 4.98 Å². The van der Waals surface area contributed by atoms with E-state index in [-0.39, 0.29) is 5.91 Å². The van der Waals surface area contributed by atoms with Gasteiger partial charge in [-0.3, -0.25) is 4.79 Å². The molecule has 0 bridgehead atoms. The second-order valence-electron chi connectivity index (χ2n) is 5.91. The molecule has 2 fully saturated rings. The molecule has 22 heavy (non-hydrogen) atoms. The molecule has 1 saturated heterocycles. The van der Waals surface area contributed by atoms with Crippen molar-refractivity contribution >= 4 is 28.3 Å². The fraction of sp³-hybridized carbons (Fsp3) is 0.412. The van der Waals surface area contributed by atoms with Crippen molar-refractivity contribution in [3.05, 3.63) is 40.7 Å². The molecule has 1 saturated carbocycles. The van der Waals surface area contributed by atoms with Gasteiger partial charge in [0.1, 0.15) is 5.15 Å². The lowest BCUT2D eigenvalue weighted by Gasteiger charge is -2.27. The summed E-state index contributed by atoms with van der Waals surface area (Å²) in [7, 11) is 0. The van der Waals surface area contributed by atoms with Gasteiger partial charge in [-0.15, -0.1) is 0 Å². The summed E-state index contributed by atoms with van der Waals surface area (Å²) in [5.74, 6) is 0.587. The zero-order chi connectivity index (χ0) is 15.1. The normalized spacial score (nSPS) is 18.7. The van der Waals surface area contributed by atoms with Crippen molar-refractivity contribution in [2.45, 2.75) is 18.8 Å². The molecule has 1 aliphatic heterocycles. The van der Waals surface area contributed by atoms with Crippen molar-refractivity contribution in [1.82, 2.24) is 9.88 Å². The van der Waals surface area contributed by atoms with Gasteiger partial charge in [-0.05, 0) is 24.3 Å². The summed E-state index contributed by atoms with van der Waals surface area (Å²) < 4.78 is 5.33. The highest BCUT2D eigenvalue weighted by Gasteiger charge is 2.29. The van der Waals surface area contributed by atoms with Crippen LogP contribution in [0, 0.1) is 0 Å². The summed E-state index contributed by atoms with van der Waals surface area (Å²) in [5.41, 5.74) is 1.90. The average Bonchev–Trinajstić information content (AvgIpc) is 3.40. The lowest BCUT2D eigenvalue weighted by molar-refractivity contribution is 0.0304. The Labute approximate surface area is 134 Å². The SMILES string of the molecule is O=C(c1cnc(Cl)c2cccc(C3CC3)c12)N1CCOCC1. The number of morpholine rings is 1. The summed E-state index contributed by atoms with van der Waals surface area (Å²) in [4.78, 5) is 19.0. The van der Waals surface area contributed by atoms with Gasteiger partial charge in [0.05, 0.1) is 18.8 Å². The summed E-state index contributed by atoms with van der Waals surface area (Å²) in [6, 6.07) is 6.08. The first kappa shape index (κ1) is 14.0. The minimum Gasteiger partial charge on any atom is -0.378 e. The second-order valence-corrected chi connectivity index (χ2v) is 6.27. The highest BCUT2D eigenvalue weighted by Crippen LogP contribution is 2.44. The first-order valence-corrected chi connectivity index (χ1v) is 8.07. The van der Waals surface area contributed by atoms with Crippen LogP contribution in [0.4, 0.5) is 0 Å². The van der Waals surface area contributed by atoms with E-state index in [4.69, 9.17) is 16.3 Å². The van der Waals surface area contributed by atoms with Crippen LogP contribution in [0.1, 0.15) is 34.7 Å². The topological polar surface area (TPSA) is 42.4 Å². The van der Waals surface area contributed by atoms with E-state index >= 15 is 0 Å². The van der Waals surface area contributed by atoms with Crippen LogP contribution in [0.5, 0.6) is 0 Å². The Morgan fingerprint density at radius 1 is 1.27 bits per heavy atom. The molecule has 2 heterocycles. The maximum atomic E-state index is 12.9. The number of carbonyl (C=O) groups excluding carboxylic acids is 1. The van der Waals surface area contributed by atoms with E-state index in [1.165, 1.54) is 18.4 Å². The molecule has 1 aromatic carbocycles. The Balaban J connectivity index is 1.86. The molecule has 2 aromatic rings. The van der Waals surface area contributed by atoms with Gasteiger partial charge < -0.3 is 9.64 Å². The largest absolute Gasteiger partial charge is 0.378 e. The molecule has 0 radical (unpaired) electrons. The van der Waals surface area contributed by atoms with Crippen LogP contribution in [0.3, 0.4) is 0 Å². The average molecular weight is 317 g/mol. The minimum absolute atomic E-state index is 0.0329. The first-order valence-electron chi connectivity index (χ1n) is 7.70. The van der Waals surface area contributed by atoms with Gasteiger partial charge in [0, 0.05) is 30.1 Å². The van der Waals surface area contributed by atoms with Gasteiger partial charge in [-0.2, -0.15) is 0 Å². The van der Waals surface area contributed by atoms with Crippen LogP contribution in [0.25, 0.3) is 10.8 Å². The van der Waals surface area contributed by atoms with Crippen molar-refractivity contribution in [2.75, 3.05) is 26.3 Å². The number of pyridine rings is 1. The number of aromatic nitrogens is 1. The molecule has 2 aliphatic rings. The Hall–Kier alpha value is -1.65. The van der Waals surface area contributed by atoms with E-state index in [1.807, 2.05) is 17.0 Å². The third-order valence-corrected chi connectivity index (χ3v) is 4.74. The van der Waals surface area contributed by atoms with Crippen molar-refractivity contribution in [3.8, 4) is 0 Å². The molecule has 5 heteroatoms. The number of carbonyl (C=O) groups is 1. The fourth-order valence-electron chi connectivity index (χ4n) is 3.13. The Morgan fingerprint density at radius 2 is 2.05 bits per heavy atom. The van der Waals surface area contributed by atoms with Gasteiger partial charge >= 0.3 is 0 Å². The number of hydrogen-bond acceptors (Lipinski definition) is 3. The Bertz CT molecular complexity index is 737. The smallest absolute Gasteiger partial charge is 0.256 e. The Morgan fingerprint density at radius 3 is 2.77 bits per heavy atom. The molecule has 4 nitrogen and oxygen atoms in total. The minimum atomic E-state index is 0.0329. The molecule has 0 unspecified atom stereocenters. The van der Waals surface area contributed by atoms with E-state index in [0.29, 0.717) is 42.9 Å². The zero-order valence-electron chi connectivity index (χ0n) is 12.2. The molecule has 4 rings (SSSR count). The summed E-state index contributed by atoms with van der Waals surface area (Å²) in [6.07, 6.45) is 4.00. The zero-order valence-corrected chi connectivity index (χ0v) is 13.0. The van der Waals surface area contributed by atoms with Crippen molar-refractivity contribution in [3.63, 3.8) is 0 Å². The van der Waals surface area contributed by atoms with Crippen LogP contribution >= 0.6 is 11.6 Å². The molecule has 0 N–H and O–H groups in total. The number of halogens is 1. The molecule has 1 aliphatic carbocycles. The van der Waals surface area contributed by atoms with E-state index < -0.39 is 0 Å². The fourth-order valence-corrected chi connectivity index (χ4v) is 3.34. The number of hydrogen-bond donors (Lipinski definition) is 0. The molecule has 114 valence electrons. The lowest BCUT2D eigenvalue weighted by atomic mass is 9.98. The monoisotopic (exact) mass is 316 g/mol. The number of amides is 1. The first-order chi connectivity index (χ1) is 10.8. The highest BCUT2D eigenvalue weighted by atomic mass is 35.5. The summed E-state index contributed by atoms with van der Waals surface area (Å²) in [5, 5.41) is 2.34. The molecule has 1 amide bonds.